The van der Waals surface area contributed by atoms with E-state index in [1.165, 1.54) is 18.2 Å². The number of fused-ring (bicyclic) bond motifs is 1. The number of rotatable bonds is 3. The first kappa shape index (κ1) is 14.8. The van der Waals surface area contributed by atoms with E-state index < -0.39 is 5.60 Å². The fourth-order valence-electron chi connectivity index (χ4n) is 3.37. The van der Waals surface area contributed by atoms with Gasteiger partial charge in [-0.25, -0.2) is 9.97 Å². The molecule has 2 heterocycles. The number of aliphatic hydroxyl groups is 1. The Morgan fingerprint density at radius 3 is 3.00 bits per heavy atom. The van der Waals surface area contributed by atoms with E-state index in [1.807, 2.05) is 4.90 Å². The van der Waals surface area contributed by atoms with Crippen LogP contribution in [0.15, 0.2) is 23.6 Å². The van der Waals surface area contributed by atoms with E-state index in [4.69, 9.17) is 0 Å². The third-order valence-electron chi connectivity index (χ3n) is 4.65. The number of thioether (sulfide) groups is 1. The number of nitrogens with zero attached hydrogens (tertiary/aromatic N) is 3. The normalized spacial score (nSPS) is 29.0. The van der Waals surface area contributed by atoms with E-state index in [2.05, 4.69) is 9.97 Å². The number of piperidine rings is 1. The van der Waals surface area contributed by atoms with Crippen LogP contribution in [0.3, 0.4) is 0 Å². The molecule has 0 spiro atoms. The molecule has 0 bridgehead atoms. The highest BCUT2D eigenvalue weighted by Crippen LogP contribution is 2.39. The Bertz CT molecular complexity index is 499. The summed E-state index contributed by atoms with van der Waals surface area (Å²) in [4.78, 5) is 22.4. The van der Waals surface area contributed by atoms with Gasteiger partial charge in [-0.15, -0.1) is 0 Å². The molecule has 0 radical (unpaired) electrons. The minimum Gasteiger partial charge on any atom is -0.389 e. The Balaban J connectivity index is 1.54. The zero-order valence-corrected chi connectivity index (χ0v) is 12.9. The first-order valence-electron chi connectivity index (χ1n) is 7.57. The molecule has 2 fully saturated rings. The molecule has 21 heavy (non-hydrogen) atoms. The van der Waals surface area contributed by atoms with Gasteiger partial charge < -0.3 is 10.0 Å². The van der Waals surface area contributed by atoms with Crippen LogP contribution in [0.1, 0.15) is 32.1 Å². The Morgan fingerprint density at radius 1 is 1.38 bits per heavy atom. The van der Waals surface area contributed by atoms with Crippen molar-refractivity contribution >= 4 is 17.7 Å². The molecule has 2 aliphatic rings. The molecule has 0 aromatic carbocycles. The quantitative estimate of drug-likeness (QED) is 0.680. The van der Waals surface area contributed by atoms with E-state index in [1.54, 1.807) is 18.5 Å². The molecular weight excluding hydrogens is 286 g/mol. The monoisotopic (exact) mass is 307 g/mol. The maximum atomic E-state index is 12.3. The zero-order valence-electron chi connectivity index (χ0n) is 12.1. The third-order valence-corrected chi connectivity index (χ3v) is 5.51. The van der Waals surface area contributed by atoms with Crippen molar-refractivity contribution in [1.29, 1.82) is 0 Å². The van der Waals surface area contributed by atoms with Crippen molar-refractivity contribution in [3.8, 4) is 0 Å². The van der Waals surface area contributed by atoms with Crippen LogP contribution in [0, 0.1) is 5.92 Å². The lowest BCUT2D eigenvalue weighted by atomic mass is 9.71. The highest BCUT2D eigenvalue weighted by atomic mass is 32.2. The lowest BCUT2D eigenvalue weighted by Gasteiger charge is -2.47. The maximum absolute atomic E-state index is 12.3. The van der Waals surface area contributed by atoms with Gasteiger partial charge in [0.25, 0.3) is 0 Å². The number of hydrogen-bond donors (Lipinski definition) is 1. The van der Waals surface area contributed by atoms with Gasteiger partial charge in [0.1, 0.15) is 0 Å². The summed E-state index contributed by atoms with van der Waals surface area (Å²) in [5.74, 6) is 0.747. The van der Waals surface area contributed by atoms with Gasteiger partial charge >= 0.3 is 0 Å². The Morgan fingerprint density at radius 2 is 2.19 bits per heavy atom. The van der Waals surface area contributed by atoms with Gasteiger partial charge in [-0.3, -0.25) is 4.79 Å². The van der Waals surface area contributed by atoms with Gasteiger partial charge in [-0.05, 0) is 25.3 Å². The number of carbonyl (C=O) groups excluding carboxylic acids is 1. The van der Waals surface area contributed by atoms with E-state index in [0.717, 1.165) is 25.7 Å². The largest absolute Gasteiger partial charge is 0.389 e. The summed E-state index contributed by atoms with van der Waals surface area (Å²) in [6.07, 6.45) is 8.30. The fraction of sp³-hybridized carbons (Fsp3) is 0.667. The van der Waals surface area contributed by atoms with Gasteiger partial charge in [0.05, 0.1) is 11.4 Å². The maximum Gasteiger partial charge on any atom is 0.233 e. The smallest absolute Gasteiger partial charge is 0.233 e. The van der Waals surface area contributed by atoms with E-state index in [-0.39, 0.29) is 11.8 Å². The molecule has 1 saturated heterocycles. The second kappa shape index (κ2) is 6.32. The average molecular weight is 307 g/mol. The molecule has 0 unspecified atom stereocenters. The molecule has 1 saturated carbocycles. The number of hydrogen-bond acceptors (Lipinski definition) is 5. The summed E-state index contributed by atoms with van der Waals surface area (Å²) in [5.41, 5.74) is -0.523. The van der Waals surface area contributed by atoms with Crippen LogP contribution in [-0.4, -0.2) is 50.3 Å². The SMILES string of the molecule is O=C(CSc1ncccn1)N1CC[C@@]2(O)CCCC[C@H]2C1. The predicted octanol–water partition coefficient (Wildman–Crippen LogP) is 1.72. The van der Waals surface area contributed by atoms with Gasteiger partial charge in [0.2, 0.25) is 5.91 Å². The fourth-order valence-corrected chi connectivity index (χ4v) is 4.08. The van der Waals surface area contributed by atoms with E-state index in [9.17, 15) is 9.90 Å². The molecule has 5 nitrogen and oxygen atoms in total. The third kappa shape index (κ3) is 3.37. The molecule has 2 atom stereocenters. The van der Waals surface area contributed by atoms with Crippen molar-refractivity contribution < 1.29 is 9.90 Å². The molecule has 1 aromatic rings. The lowest BCUT2D eigenvalue weighted by Crippen LogP contribution is -2.55. The van der Waals surface area contributed by atoms with Crippen molar-refractivity contribution in [1.82, 2.24) is 14.9 Å². The van der Waals surface area contributed by atoms with Gasteiger partial charge in [-0.1, -0.05) is 24.6 Å². The summed E-state index contributed by atoms with van der Waals surface area (Å²) in [7, 11) is 0. The van der Waals surface area contributed by atoms with E-state index in [0.29, 0.717) is 24.0 Å². The molecule has 1 amide bonds. The van der Waals surface area contributed by atoms with Crippen molar-refractivity contribution in [2.75, 3.05) is 18.8 Å². The molecule has 3 rings (SSSR count). The Kier molecular flexibility index (Phi) is 4.45. The molecule has 1 N–H and O–H groups in total. The lowest BCUT2D eigenvalue weighted by molar-refractivity contribution is -0.140. The highest BCUT2D eigenvalue weighted by Gasteiger charge is 2.43. The number of amides is 1. The molecule has 1 aliphatic carbocycles. The van der Waals surface area contributed by atoms with Crippen LogP contribution in [-0.2, 0) is 4.79 Å². The van der Waals surface area contributed by atoms with Crippen molar-refractivity contribution in [2.45, 2.75) is 42.9 Å². The van der Waals surface area contributed by atoms with Crippen molar-refractivity contribution in [2.24, 2.45) is 5.92 Å². The van der Waals surface area contributed by atoms with Crippen molar-refractivity contribution in [3.63, 3.8) is 0 Å². The number of likely N-dealkylation sites (tertiary alicyclic amines) is 1. The first-order chi connectivity index (χ1) is 10.2. The number of carbonyl (C=O) groups is 1. The molecule has 114 valence electrons. The Labute approximate surface area is 129 Å². The highest BCUT2D eigenvalue weighted by molar-refractivity contribution is 7.99. The summed E-state index contributed by atoms with van der Waals surface area (Å²) in [5, 5.41) is 11.3. The number of aromatic nitrogens is 2. The molecular formula is C15H21N3O2S. The molecule has 1 aliphatic heterocycles. The van der Waals surface area contributed by atoms with Gasteiger partial charge in [0.15, 0.2) is 5.16 Å². The minimum atomic E-state index is -0.523. The van der Waals surface area contributed by atoms with Crippen LogP contribution in [0.4, 0.5) is 0 Å². The van der Waals surface area contributed by atoms with Crippen LogP contribution in [0.5, 0.6) is 0 Å². The van der Waals surface area contributed by atoms with E-state index >= 15 is 0 Å². The minimum absolute atomic E-state index is 0.125. The topological polar surface area (TPSA) is 66.3 Å². The van der Waals surface area contributed by atoms with Crippen LogP contribution < -0.4 is 0 Å². The standard InChI is InChI=1S/C15H21N3O2S/c19-13(11-21-14-16-7-3-8-17-14)18-9-6-15(20)5-2-1-4-12(15)10-18/h3,7-8,12,20H,1-2,4-6,9-11H2/t12-,15-/m0/s1. The first-order valence-corrected chi connectivity index (χ1v) is 8.56. The second-order valence-electron chi connectivity index (χ2n) is 5.96. The van der Waals surface area contributed by atoms with Crippen molar-refractivity contribution in [3.05, 3.63) is 18.5 Å². The van der Waals surface area contributed by atoms with Crippen LogP contribution in [0.25, 0.3) is 0 Å². The summed E-state index contributed by atoms with van der Waals surface area (Å²) >= 11 is 1.37. The average Bonchev–Trinajstić information content (AvgIpc) is 2.52. The van der Waals surface area contributed by atoms with Crippen LogP contribution in [0.2, 0.25) is 0 Å². The molecule has 1 aromatic heterocycles. The van der Waals surface area contributed by atoms with Crippen LogP contribution >= 0.6 is 11.8 Å². The summed E-state index contributed by atoms with van der Waals surface area (Å²) in [6, 6.07) is 1.76. The zero-order chi connectivity index (χ0) is 14.7. The Hall–Kier alpha value is -1.14. The molecule has 6 heteroatoms. The van der Waals surface area contributed by atoms with Gasteiger partial charge in [-0.2, -0.15) is 0 Å². The summed E-state index contributed by atoms with van der Waals surface area (Å²) < 4.78 is 0. The predicted molar refractivity (Wildman–Crippen MR) is 80.9 cm³/mol. The second-order valence-corrected chi connectivity index (χ2v) is 6.90. The van der Waals surface area contributed by atoms with Gasteiger partial charge in [0, 0.05) is 31.4 Å². The summed E-state index contributed by atoms with van der Waals surface area (Å²) in [6.45, 7) is 1.37.